The molecule has 0 amide bonds. The van der Waals surface area contributed by atoms with Crippen molar-refractivity contribution in [3.63, 3.8) is 0 Å². The summed E-state index contributed by atoms with van der Waals surface area (Å²) < 4.78 is 6.28. The lowest BCUT2D eigenvalue weighted by Crippen LogP contribution is -2.44. The summed E-state index contributed by atoms with van der Waals surface area (Å²) in [7, 11) is 1.69. The van der Waals surface area contributed by atoms with Gasteiger partial charge in [0, 0.05) is 32.2 Å². The number of nitrogens with zero attached hydrogens (tertiary/aromatic N) is 1. The fourth-order valence-corrected chi connectivity index (χ4v) is 2.78. The van der Waals surface area contributed by atoms with Crippen LogP contribution in [0.2, 0.25) is 0 Å². The van der Waals surface area contributed by atoms with E-state index in [1.165, 1.54) is 5.56 Å². The van der Waals surface area contributed by atoms with Crippen LogP contribution in [0.25, 0.3) is 0 Å². The van der Waals surface area contributed by atoms with Crippen molar-refractivity contribution in [2.24, 2.45) is 0 Å². The van der Waals surface area contributed by atoms with E-state index in [2.05, 4.69) is 45.2 Å². The topological polar surface area (TPSA) is 24.5 Å². The molecule has 1 N–H and O–H groups in total. The first-order valence-electron chi connectivity index (χ1n) is 6.00. The van der Waals surface area contributed by atoms with Gasteiger partial charge in [0.2, 0.25) is 0 Å². The third-order valence-corrected chi connectivity index (χ3v) is 3.98. The zero-order chi connectivity index (χ0) is 12.3. The maximum Gasteiger partial charge on any atom is 0.133 e. The fraction of sp³-hybridized carbons (Fsp3) is 0.538. The number of hydrogen-bond acceptors (Lipinski definition) is 3. The number of ether oxygens (including phenoxy) is 1. The summed E-state index contributed by atoms with van der Waals surface area (Å²) in [5.74, 6) is 0.890. The molecule has 1 saturated heterocycles. The van der Waals surface area contributed by atoms with E-state index in [1.807, 2.05) is 6.07 Å². The summed E-state index contributed by atoms with van der Waals surface area (Å²) in [6, 6.07) is 6.79. The van der Waals surface area contributed by atoms with Crippen molar-refractivity contribution in [2.45, 2.75) is 13.0 Å². The first-order valence-corrected chi connectivity index (χ1v) is 6.80. The molecule has 94 valence electrons. The quantitative estimate of drug-likeness (QED) is 0.927. The smallest absolute Gasteiger partial charge is 0.133 e. The molecule has 0 aromatic heterocycles. The molecule has 4 heteroatoms. The summed E-state index contributed by atoms with van der Waals surface area (Å²) in [4.78, 5) is 2.50. The molecular weight excluding hydrogens is 280 g/mol. The van der Waals surface area contributed by atoms with Crippen molar-refractivity contribution in [1.82, 2.24) is 10.2 Å². The second-order valence-electron chi connectivity index (χ2n) is 4.36. The van der Waals surface area contributed by atoms with Crippen LogP contribution in [-0.4, -0.2) is 38.2 Å². The van der Waals surface area contributed by atoms with Gasteiger partial charge < -0.3 is 10.1 Å². The van der Waals surface area contributed by atoms with Crippen LogP contribution >= 0.6 is 15.9 Å². The summed E-state index contributed by atoms with van der Waals surface area (Å²) in [5, 5.41) is 3.38. The van der Waals surface area contributed by atoms with E-state index in [0.29, 0.717) is 6.04 Å². The molecule has 1 heterocycles. The van der Waals surface area contributed by atoms with Crippen molar-refractivity contribution in [2.75, 3.05) is 33.3 Å². The molecular formula is C13H19BrN2O. The van der Waals surface area contributed by atoms with Crippen molar-refractivity contribution in [3.05, 3.63) is 28.2 Å². The van der Waals surface area contributed by atoms with Crippen LogP contribution in [0.5, 0.6) is 5.75 Å². The molecule has 0 spiro atoms. The fourth-order valence-electron chi connectivity index (χ4n) is 2.22. The third kappa shape index (κ3) is 3.00. The van der Waals surface area contributed by atoms with Gasteiger partial charge in [-0.3, -0.25) is 4.90 Å². The van der Waals surface area contributed by atoms with Gasteiger partial charge in [0.05, 0.1) is 11.6 Å². The third-order valence-electron chi connectivity index (χ3n) is 3.36. The standard InChI is InChI=1S/C13H19BrN2O/c1-10(16-7-5-15-6-8-16)11-3-4-13(17-2)12(14)9-11/h3-4,9-10,15H,5-8H2,1-2H3/t10-/m0/s1. The second-order valence-corrected chi connectivity index (χ2v) is 5.21. The number of halogens is 1. The predicted octanol–water partition coefficient (Wildman–Crippen LogP) is 2.42. The number of piperazine rings is 1. The molecule has 1 fully saturated rings. The highest BCUT2D eigenvalue weighted by molar-refractivity contribution is 9.10. The average molecular weight is 299 g/mol. The van der Waals surface area contributed by atoms with Gasteiger partial charge in [0.1, 0.15) is 5.75 Å². The number of methoxy groups -OCH3 is 1. The maximum atomic E-state index is 5.25. The number of benzene rings is 1. The second kappa shape index (κ2) is 5.85. The van der Waals surface area contributed by atoms with Gasteiger partial charge in [-0.25, -0.2) is 0 Å². The van der Waals surface area contributed by atoms with Gasteiger partial charge in [-0.05, 0) is 40.5 Å². The Balaban J connectivity index is 2.12. The molecule has 2 rings (SSSR count). The lowest BCUT2D eigenvalue weighted by molar-refractivity contribution is 0.185. The van der Waals surface area contributed by atoms with E-state index >= 15 is 0 Å². The summed E-state index contributed by atoms with van der Waals surface area (Å²) >= 11 is 3.54. The molecule has 0 saturated carbocycles. The van der Waals surface area contributed by atoms with Crippen LogP contribution in [-0.2, 0) is 0 Å². The van der Waals surface area contributed by atoms with Crippen molar-refractivity contribution in [3.8, 4) is 5.75 Å². The summed E-state index contributed by atoms with van der Waals surface area (Å²) in [6.45, 7) is 6.67. The van der Waals surface area contributed by atoms with Gasteiger partial charge in [-0.1, -0.05) is 6.07 Å². The zero-order valence-electron chi connectivity index (χ0n) is 10.4. The zero-order valence-corrected chi connectivity index (χ0v) is 12.0. The molecule has 0 unspecified atom stereocenters. The van der Waals surface area contributed by atoms with E-state index in [1.54, 1.807) is 7.11 Å². The molecule has 1 atom stereocenters. The number of nitrogens with one attached hydrogen (secondary N) is 1. The van der Waals surface area contributed by atoms with Gasteiger partial charge in [0.25, 0.3) is 0 Å². The molecule has 0 aliphatic carbocycles. The molecule has 3 nitrogen and oxygen atoms in total. The number of rotatable bonds is 3. The van der Waals surface area contributed by atoms with E-state index in [-0.39, 0.29) is 0 Å². The van der Waals surface area contributed by atoms with Crippen LogP contribution in [0.4, 0.5) is 0 Å². The first kappa shape index (κ1) is 12.9. The van der Waals surface area contributed by atoms with E-state index in [0.717, 1.165) is 36.4 Å². The highest BCUT2D eigenvalue weighted by atomic mass is 79.9. The maximum absolute atomic E-state index is 5.25. The van der Waals surface area contributed by atoms with Crippen LogP contribution in [0, 0.1) is 0 Å². The highest BCUT2D eigenvalue weighted by Crippen LogP contribution is 2.30. The lowest BCUT2D eigenvalue weighted by Gasteiger charge is -2.33. The molecule has 1 aliphatic heterocycles. The molecule has 1 aliphatic rings. The molecule has 17 heavy (non-hydrogen) atoms. The Hall–Kier alpha value is -0.580. The Kier molecular flexibility index (Phi) is 4.42. The SMILES string of the molecule is COc1ccc([C@H](C)N2CCNCC2)cc1Br. The van der Waals surface area contributed by atoms with E-state index < -0.39 is 0 Å². The van der Waals surface area contributed by atoms with E-state index in [4.69, 9.17) is 4.74 Å². The van der Waals surface area contributed by atoms with Crippen molar-refractivity contribution >= 4 is 15.9 Å². The van der Waals surface area contributed by atoms with Crippen LogP contribution in [0.15, 0.2) is 22.7 Å². The minimum atomic E-state index is 0.458. The van der Waals surface area contributed by atoms with Crippen molar-refractivity contribution < 1.29 is 4.74 Å². The average Bonchev–Trinajstić information content (AvgIpc) is 2.39. The number of hydrogen-bond donors (Lipinski definition) is 1. The van der Waals surface area contributed by atoms with Gasteiger partial charge >= 0.3 is 0 Å². The van der Waals surface area contributed by atoms with Crippen LogP contribution in [0.1, 0.15) is 18.5 Å². The Morgan fingerprint density at radius 1 is 1.35 bits per heavy atom. The molecule has 1 aromatic carbocycles. The summed E-state index contributed by atoms with van der Waals surface area (Å²) in [5.41, 5.74) is 1.33. The Bertz CT molecular complexity index is 378. The van der Waals surface area contributed by atoms with Gasteiger partial charge in [-0.15, -0.1) is 0 Å². The lowest BCUT2D eigenvalue weighted by atomic mass is 10.1. The highest BCUT2D eigenvalue weighted by Gasteiger charge is 2.18. The van der Waals surface area contributed by atoms with E-state index in [9.17, 15) is 0 Å². The largest absolute Gasteiger partial charge is 0.496 e. The molecule has 1 aromatic rings. The Morgan fingerprint density at radius 2 is 2.06 bits per heavy atom. The molecule has 0 bridgehead atoms. The van der Waals surface area contributed by atoms with Crippen molar-refractivity contribution in [1.29, 1.82) is 0 Å². The monoisotopic (exact) mass is 298 g/mol. The van der Waals surface area contributed by atoms with Crippen LogP contribution in [0.3, 0.4) is 0 Å². The minimum absolute atomic E-state index is 0.458. The van der Waals surface area contributed by atoms with Gasteiger partial charge in [0.15, 0.2) is 0 Å². The van der Waals surface area contributed by atoms with Crippen LogP contribution < -0.4 is 10.1 Å². The van der Waals surface area contributed by atoms with Gasteiger partial charge in [-0.2, -0.15) is 0 Å². The predicted molar refractivity (Wildman–Crippen MR) is 73.6 cm³/mol. The summed E-state index contributed by atoms with van der Waals surface area (Å²) in [6.07, 6.45) is 0. The molecule has 0 radical (unpaired) electrons. The Labute approximate surface area is 111 Å². The first-order chi connectivity index (χ1) is 8.22. The normalized spacial score (nSPS) is 19.0. The minimum Gasteiger partial charge on any atom is -0.496 e. The Morgan fingerprint density at radius 3 is 2.65 bits per heavy atom.